The van der Waals surface area contributed by atoms with Crippen molar-refractivity contribution in [3.63, 3.8) is 0 Å². The van der Waals surface area contributed by atoms with Crippen LogP contribution in [-0.2, 0) is 0 Å². The Hall–Kier alpha value is 1.56. The molecular weight excluding hydrogens is 393 g/mol. The monoisotopic (exact) mass is 424 g/mol. The van der Waals surface area contributed by atoms with Crippen LogP contribution < -0.4 is 0 Å². The molecule has 0 aliphatic carbocycles. The van der Waals surface area contributed by atoms with Crippen LogP contribution >= 0.6 is 0 Å². The van der Waals surface area contributed by atoms with Gasteiger partial charge in [0.05, 0.1) is 0 Å². The molecule has 0 N–H and O–H groups in total. The molecule has 0 fully saturated rings. The van der Waals surface area contributed by atoms with Gasteiger partial charge in [-0.05, 0) is 0 Å². The van der Waals surface area contributed by atoms with Gasteiger partial charge in [-0.2, -0.15) is 0 Å². The Kier molecular flexibility index (Phi) is 16.0. The summed E-state index contributed by atoms with van der Waals surface area (Å²) in [6, 6.07) is 0. The minimum atomic E-state index is 0.998. The maximum atomic E-state index is 2.33. The Morgan fingerprint density at radius 1 is 0.625 bits per heavy atom. The number of rotatable bonds is 12. The van der Waals surface area contributed by atoms with Crippen molar-refractivity contribution >= 4 is 44.9 Å². The fourth-order valence-electron chi connectivity index (χ4n) is 1.12. The van der Waals surface area contributed by atoms with Gasteiger partial charge >= 0.3 is 123 Å². The zero-order valence-corrected chi connectivity index (χ0v) is 16.3. The Morgan fingerprint density at radius 2 is 0.938 bits per heavy atom. The summed E-state index contributed by atoms with van der Waals surface area (Å²) in [5.74, 6) is 0. The van der Waals surface area contributed by atoms with Gasteiger partial charge in [0.15, 0.2) is 0 Å². The Bertz CT molecular complexity index is 105. The van der Waals surface area contributed by atoms with Gasteiger partial charge in [-0.25, -0.2) is 0 Å². The van der Waals surface area contributed by atoms with Crippen molar-refractivity contribution < 1.29 is 0 Å². The van der Waals surface area contributed by atoms with Gasteiger partial charge in [0, 0.05) is 0 Å². The van der Waals surface area contributed by atoms with Gasteiger partial charge in [0.25, 0.3) is 0 Å². The average molecular weight is 421 g/mol. The molecule has 0 spiro atoms. The average Bonchev–Trinajstić information content (AvgIpc) is 2.29. The van der Waals surface area contributed by atoms with E-state index in [1.54, 1.807) is 16.0 Å². The first kappa shape index (κ1) is 17.6. The van der Waals surface area contributed by atoms with Gasteiger partial charge < -0.3 is 0 Å². The van der Waals surface area contributed by atoms with Crippen molar-refractivity contribution in [3.05, 3.63) is 0 Å². The van der Waals surface area contributed by atoms with Crippen molar-refractivity contribution in [2.45, 2.75) is 77.9 Å². The van der Waals surface area contributed by atoms with Gasteiger partial charge in [-0.1, -0.05) is 0 Å². The summed E-state index contributed by atoms with van der Waals surface area (Å²) in [4.78, 5) is 0. The van der Waals surface area contributed by atoms with Crippen LogP contribution in [0.5, 0.6) is 0 Å². The third-order valence-electron chi connectivity index (χ3n) is 2.26. The van der Waals surface area contributed by atoms with E-state index in [9.17, 15) is 0 Å². The summed E-state index contributed by atoms with van der Waals surface area (Å²) in [6.45, 7) is 6.99. The van der Waals surface area contributed by atoms with Crippen LogP contribution in [0, 0.1) is 0 Å². The van der Waals surface area contributed by atoms with E-state index in [0.717, 1.165) is 44.9 Å². The second kappa shape index (κ2) is 14.6. The molecule has 0 unspecified atom stereocenters. The van der Waals surface area contributed by atoms with Gasteiger partial charge in [0.2, 0.25) is 0 Å². The molecule has 0 amide bonds. The topological polar surface area (TPSA) is 0 Å². The summed E-state index contributed by atoms with van der Waals surface area (Å²) >= 11 is 2.99. The summed E-state index contributed by atoms with van der Waals surface area (Å²) < 4.78 is 1.23. The normalized spacial score (nSPS) is 11.2. The van der Waals surface area contributed by atoms with Crippen LogP contribution in [0.3, 0.4) is 0 Å². The SMILES string of the molecule is CCCC[Se]C([Se]CCCC)[Se]CCCC. The molecule has 0 radical (unpaired) electrons. The van der Waals surface area contributed by atoms with Crippen molar-refractivity contribution in [3.8, 4) is 0 Å². The summed E-state index contributed by atoms with van der Waals surface area (Å²) in [5.41, 5.74) is 0. The Labute approximate surface area is 122 Å². The molecule has 0 atom stereocenters. The van der Waals surface area contributed by atoms with Gasteiger partial charge in [-0.3, -0.25) is 0 Å². The molecule has 0 aromatic carbocycles. The maximum absolute atomic E-state index is 2.33. The fourth-order valence-corrected chi connectivity index (χ4v) is 15.2. The van der Waals surface area contributed by atoms with E-state index in [2.05, 4.69) is 20.8 Å². The number of hydrogen-bond donors (Lipinski definition) is 0. The first-order valence-corrected chi connectivity index (χ1v) is 13.3. The summed E-state index contributed by atoms with van der Waals surface area (Å²) in [7, 11) is 0. The van der Waals surface area contributed by atoms with Crippen LogP contribution in [0.1, 0.15) is 59.3 Å². The zero-order chi connectivity index (χ0) is 12.1. The van der Waals surface area contributed by atoms with Crippen molar-refractivity contribution in [2.75, 3.05) is 0 Å². The van der Waals surface area contributed by atoms with E-state index < -0.39 is 0 Å². The molecular formula is C13H28Se3. The predicted molar refractivity (Wildman–Crippen MR) is 80.2 cm³/mol. The first-order valence-electron chi connectivity index (χ1n) is 6.69. The predicted octanol–water partition coefficient (Wildman–Crippen LogP) is 4.46. The minimum absolute atomic E-state index is 0.998. The molecule has 0 aliphatic rings. The standard InChI is InChI=1S/C13H28Se3/c1-4-7-10-14-13(15-11-8-5-2)16-12-9-6-3/h13H,4-12H2,1-3H3. The second-order valence-electron chi connectivity index (χ2n) is 3.96. The second-order valence-corrected chi connectivity index (χ2v) is 16.1. The number of hydrogen-bond acceptors (Lipinski definition) is 0. The van der Waals surface area contributed by atoms with Crippen LogP contribution in [0.2, 0.25) is 18.6 Å². The fraction of sp³-hybridized carbons (Fsp3) is 1.00. The van der Waals surface area contributed by atoms with E-state index in [1.165, 1.54) is 41.1 Å². The first-order chi connectivity index (χ1) is 7.85. The molecule has 0 rings (SSSR count). The zero-order valence-electron chi connectivity index (χ0n) is 11.2. The molecule has 0 saturated carbocycles. The third kappa shape index (κ3) is 12.0. The molecule has 3 heteroatoms. The van der Waals surface area contributed by atoms with E-state index in [1.807, 2.05) is 0 Å². The summed E-state index contributed by atoms with van der Waals surface area (Å²) in [5, 5.41) is 4.70. The molecule has 0 saturated heterocycles. The van der Waals surface area contributed by atoms with Gasteiger partial charge in [-0.15, -0.1) is 0 Å². The van der Waals surface area contributed by atoms with Crippen LogP contribution in [0.4, 0.5) is 0 Å². The van der Waals surface area contributed by atoms with E-state index >= 15 is 0 Å². The molecule has 0 aromatic rings. The quantitative estimate of drug-likeness (QED) is 0.323. The van der Waals surface area contributed by atoms with Gasteiger partial charge in [0.1, 0.15) is 0 Å². The number of unbranched alkanes of at least 4 members (excludes halogenated alkanes) is 3. The van der Waals surface area contributed by atoms with E-state index in [4.69, 9.17) is 0 Å². The molecule has 0 nitrogen and oxygen atoms in total. The van der Waals surface area contributed by atoms with E-state index in [0.29, 0.717) is 0 Å². The van der Waals surface area contributed by atoms with Crippen molar-refractivity contribution in [2.24, 2.45) is 0 Å². The van der Waals surface area contributed by atoms with Crippen LogP contribution in [0.25, 0.3) is 0 Å². The molecule has 0 aromatic heterocycles. The van der Waals surface area contributed by atoms with Crippen molar-refractivity contribution in [1.29, 1.82) is 0 Å². The van der Waals surface area contributed by atoms with Crippen molar-refractivity contribution in [1.82, 2.24) is 0 Å². The Morgan fingerprint density at radius 3 is 1.19 bits per heavy atom. The third-order valence-corrected chi connectivity index (χ3v) is 16.2. The molecule has 98 valence electrons. The molecule has 0 aliphatic heterocycles. The molecule has 0 heterocycles. The molecule has 16 heavy (non-hydrogen) atoms. The molecule has 0 bridgehead atoms. The Balaban J connectivity index is 3.58. The summed E-state index contributed by atoms with van der Waals surface area (Å²) in [6.07, 6.45) is 8.67. The van der Waals surface area contributed by atoms with Crippen LogP contribution in [-0.4, -0.2) is 44.9 Å². The van der Waals surface area contributed by atoms with E-state index in [-0.39, 0.29) is 0 Å². The van der Waals surface area contributed by atoms with Crippen LogP contribution in [0.15, 0.2) is 0 Å².